The molecule has 1 fully saturated rings. The summed E-state index contributed by atoms with van der Waals surface area (Å²) in [6, 6.07) is 7.56. The Labute approximate surface area is 145 Å². The van der Waals surface area contributed by atoms with Crippen molar-refractivity contribution in [1.29, 1.82) is 0 Å². The van der Waals surface area contributed by atoms with E-state index >= 15 is 0 Å². The fourth-order valence-electron chi connectivity index (χ4n) is 2.62. The fourth-order valence-corrected chi connectivity index (χ4v) is 3.53. The molecule has 1 aromatic rings. The Bertz CT molecular complexity index is 545. The minimum absolute atomic E-state index is 0.0767. The van der Waals surface area contributed by atoms with Gasteiger partial charge in [-0.15, -0.1) is 11.8 Å². The lowest BCUT2D eigenvalue weighted by Crippen LogP contribution is -2.54. The zero-order valence-corrected chi connectivity index (χ0v) is 14.4. The highest BCUT2D eigenvalue weighted by Crippen LogP contribution is 2.25. The number of thioether (sulfide) groups is 1. The first-order chi connectivity index (χ1) is 11.0. The molecule has 0 unspecified atom stereocenters. The SMILES string of the molecule is NC(=O)CC1(NC(=O)CSCc2ccc(Cl)cc2)CCOCC1. The Hall–Kier alpha value is -1.24. The maximum atomic E-state index is 12.2. The lowest BCUT2D eigenvalue weighted by atomic mass is 9.86. The van der Waals surface area contributed by atoms with Gasteiger partial charge in [-0.2, -0.15) is 0 Å². The van der Waals surface area contributed by atoms with Crippen molar-refractivity contribution in [3.05, 3.63) is 34.9 Å². The van der Waals surface area contributed by atoms with Crippen molar-refractivity contribution in [2.24, 2.45) is 5.73 Å². The molecule has 1 aromatic carbocycles. The number of hydrogen-bond donors (Lipinski definition) is 2. The van der Waals surface area contributed by atoms with Crippen molar-refractivity contribution in [2.45, 2.75) is 30.6 Å². The van der Waals surface area contributed by atoms with E-state index in [-0.39, 0.29) is 12.3 Å². The number of carbonyl (C=O) groups is 2. The summed E-state index contributed by atoms with van der Waals surface area (Å²) in [7, 11) is 0. The first-order valence-corrected chi connectivity index (χ1v) is 9.02. The molecule has 0 atom stereocenters. The van der Waals surface area contributed by atoms with Gasteiger partial charge in [-0.3, -0.25) is 9.59 Å². The van der Waals surface area contributed by atoms with Gasteiger partial charge in [0, 0.05) is 30.4 Å². The van der Waals surface area contributed by atoms with E-state index in [4.69, 9.17) is 22.1 Å². The van der Waals surface area contributed by atoms with Gasteiger partial charge in [0.25, 0.3) is 0 Å². The summed E-state index contributed by atoms with van der Waals surface area (Å²) in [4.78, 5) is 23.5. The fraction of sp³-hybridized carbons (Fsp3) is 0.500. The zero-order chi connectivity index (χ0) is 16.7. The predicted molar refractivity (Wildman–Crippen MR) is 92.4 cm³/mol. The van der Waals surface area contributed by atoms with E-state index in [9.17, 15) is 9.59 Å². The number of hydrogen-bond acceptors (Lipinski definition) is 4. The average Bonchev–Trinajstić information content (AvgIpc) is 2.49. The standard InChI is InChI=1S/C16H21ClN2O3S/c17-13-3-1-12(2-4-13)10-23-11-15(21)19-16(9-14(18)20)5-7-22-8-6-16/h1-4H,5-11H2,(H2,18,20)(H,19,21). The Morgan fingerprint density at radius 3 is 2.52 bits per heavy atom. The van der Waals surface area contributed by atoms with Crippen molar-refractivity contribution in [3.8, 4) is 0 Å². The number of halogens is 1. The molecule has 0 aromatic heterocycles. The molecule has 0 radical (unpaired) electrons. The molecule has 2 rings (SSSR count). The second-order valence-corrected chi connectivity index (χ2v) is 7.13. The van der Waals surface area contributed by atoms with E-state index in [1.54, 1.807) is 0 Å². The molecule has 1 saturated heterocycles. The number of carbonyl (C=O) groups excluding carboxylic acids is 2. The van der Waals surface area contributed by atoms with Crippen LogP contribution in [-0.2, 0) is 20.1 Å². The topological polar surface area (TPSA) is 81.4 Å². The number of amides is 2. The first kappa shape index (κ1) is 18.1. The maximum Gasteiger partial charge on any atom is 0.230 e. The second-order valence-electron chi connectivity index (χ2n) is 5.70. The van der Waals surface area contributed by atoms with Crippen LogP contribution in [0.3, 0.4) is 0 Å². The van der Waals surface area contributed by atoms with E-state index in [1.165, 1.54) is 11.8 Å². The molecule has 1 aliphatic rings. The molecule has 23 heavy (non-hydrogen) atoms. The molecular formula is C16H21ClN2O3S. The average molecular weight is 357 g/mol. The Morgan fingerprint density at radius 2 is 1.91 bits per heavy atom. The highest BCUT2D eigenvalue weighted by Gasteiger charge is 2.35. The molecule has 7 heteroatoms. The van der Waals surface area contributed by atoms with Gasteiger partial charge in [0.15, 0.2) is 0 Å². The molecule has 0 aliphatic carbocycles. The molecule has 0 spiro atoms. The van der Waals surface area contributed by atoms with Crippen LogP contribution in [-0.4, -0.2) is 36.3 Å². The molecular weight excluding hydrogens is 336 g/mol. The third-order valence-corrected chi connectivity index (χ3v) is 5.04. The molecule has 2 amide bonds. The van der Waals surface area contributed by atoms with Crippen molar-refractivity contribution in [3.63, 3.8) is 0 Å². The summed E-state index contributed by atoms with van der Waals surface area (Å²) in [6.45, 7) is 1.07. The summed E-state index contributed by atoms with van der Waals surface area (Å²) in [5.74, 6) is 0.591. The van der Waals surface area contributed by atoms with E-state index in [0.29, 0.717) is 36.8 Å². The third kappa shape index (κ3) is 6.05. The smallest absolute Gasteiger partial charge is 0.230 e. The molecule has 3 N–H and O–H groups in total. The molecule has 0 saturated carbocycles. The lowest BCUT2D eigenvalue weighted by molar-refractivity contribution is -0.124. The summed E-state index contributed by atoms with van der Waals surface area (Å²) in [5.41, 5.74) is 5.89. The number of benzene rings is 1. The molecule has 1 aliphatic heterocycles. The van der Waals surface area contributed by atoms with Gasteiger partial charge in [-0.1, -0.05) is 23.7 Å². The van der Waals surface area contributed by atoms with Crippen LogP contribution < -0.4 is 11.1 Å². The van der Waals surface area contributed by atoms with Gasteiger partial charge in [-0.25, -0.2) is 0 Å². The highest BCUT2D eigenvalue weighted by atomic mass is 35.5. The number of nitrogens with two attached hydrogens (primary N) is 1. The predicted octanol–water partition coefficient (Wildman–Crippen LogP) is 2.11. The number of nitrogens with one attached hydrogen (secondary N) is 1. The monoisotopic (exact) mass is 356 g/mol. The molecule has 5 nitrogen and oxygen atoms in total. The van der Waals surface area contributed by atoms with Gasteiger partial charge in [0.1, 0.15) is 0 Å². The van der Waals surface area contributed by atoms with Crippen molar-refractivity contribution in [2.75, 3.05) is 19.0 Å². The zero-order valence-electron chi connectivity index (χ0n) is 12.8. The van der Waals surface area contributed by atoms with E-state index in [2.05, 4.69) is 5.32 Å². The molecule has 0 bridgehead atoms. The van der Waals surface area contributed by atoms with E-state index in [0.717, 1.165) is 11.3 Å². The second kappa shape index (κ2) is 8.57. The van der Waals surface area contributed by atoms with Crippen molar-refractivity contribution < 1.29 is 14.3 Å². The maximum absolute atomic E-state index is 12.2. The van der Waals surface area contributed by atoms with Gasteiger partial charge < -0.3 is 15.8 Å². The normalized spacial score (nSPS) is 16.7. The van der Waals surface area contributed by atoms with Crippen LogP contribution >= 0.6 is 23.4 Å². The highest BCUT2D eigenvalue weighted by molar-refractivity contribution is 7.99. The minimum atomic E-state index is -0.554. The van der Waals surface area contributed by atoms with Gasteiger partial charge in [0.2, 0.25) is 11.8 Å². The molecule has 1 heterocycles. The number of primary amides is 1. The van der Waals surface area contributed by atoms with Crippen LogP contribution in [0.15, 0.2) is 24.3 Å². The van der Waals surface area contributed by atoms with Gasteiger partial charge in [-0.05, 0) is 30.5 Å². The first-order valence-electron chi connectivity index (χ1n) is 7.48. The van der Waals surface area contributed by atoms with Crippen LogP contribution in [0.4, 0.5) is 0 Å². The quantitative estimate of drug-likeness (QED) is 0.784. The largest absolute Gasteiger partial charge is 0.381 e. The Kier molecular flexibility index (Phi) is 6.74. The minimum Gasteiger partial charge on any atom is -0.381 e. The summed E-state index contributed by atoms with van der Waals surface area (Å²) < 4.78 is 5.32. The number of rotatable bonds is 7. The van der Waals surface area contributed by atoms with Crippen molar-refractivity contribution in [1.82, 2.24) is 5.32 Å². The van der Waals surface area contributed by atoms with Crippen molar-refractivity contribution >= 4 is 35.2 Å². The number of ether oxygens (including phenoxy) is 1. The van der Waals surface area contributed by atoms with Gasteiger partial charge >= 0.3 is 0 Å². The summed E-state index contributed by atoms with van der Waals surface area (Å²) in [6.07, 6.45) is 1.39. The van der Waals surface area contributed by atoms with Gasteiger partial charge in [0.05, 0.1) is 11.3 Å². The Morgan fingerprint density at radius 1 is 1.26 bits per heavy atom. The van der Waals surface area contributed by atoms with Crippen LogP contribution in [0.5, 0.6) is 0 Å². The lowest BCUT2D eigenvalue weighted by Gasteiger charge is -2.37. The van der Waals surface area contributed by atoms with Crippen LogP contribution in [0.2, 0.25) is 5.02 Å². The van der Waals surface area contributed by atoms with Crippen LogP contribution in [0.25, 0.3) is 0 Å². The molecule has 126 valence electrons. The van der Waals surface area contributed by atoms with Crippen LogP contribution in [0, 0.1) is 0 Å². The summed E-state index contributed by atoms with van der Waals surface area (Å²) >= 11 is 7.37. The third-order valence-electron chi connectivity index (χ3n) is 3.78. The van der Waals surface area contributed by atoms with E-state index in [1.807, 2.05) is 24.3 Å². The van der Waals surface area contributed by atoms with E-state index < -0.39 is 11.4 Å². The summed E-state index contributed by atoms with van der Waals surface area (Å²) in [5, 5.41) is 3.70. The Balaban J connectivity index is 1.81. The van der Waals surface area contributed by atoms with Crippen LogP contribution in [0.1, 0.15) is 24.8 Å².